The molecule has 0 fully saturated rings. The Morgan fingerprint density at radius 1 is 1.03 bits per heavy atom. The molecule has 4 aromatic rings. The van der Waals surface area contributed by atoms with Crippen LogP contribution in [0.15, 0.2) is 45.6 Å². The second-order valence-electron chi connectivity index (χ2n) is 10.6. The number of benzene rings is 2. The fourth-order valence-electron chi connectivity index (χ4n) is 5.83. The van der Waals surface area contributed by atoms with Gasteiger partial charge >= 0.3 is 5.63 Å². The van der Waals surface area contributed by atoms with Gasteiger partial charge in [-0.2, -0.15) is 0 Å². The fraction of sp³-hybridized carbons (Fsp3) is 0.407. The third-order valence-corrected chi connectivity index (χ3v) is 8.71. The maximum Gasteiger partial charge on any atom is 0.346 e. The molecule has 31 heavy (non-hydrogen) atoms. The number of aromatic nitrogens is 1. The van der Waals surface area contributed by atoms with Gasteiger partial charge in [-0.3, -0.25) is 0 Å². The molecule has 2 aromatic carbocycles. The van der Waals surface area contributed by atoms with Gasteiger partial charge in [0.1, 0.15) is 10.6 Å². The monoisotopic (exact) mass is 429 g/mol. The van der Waals surface area contributed by atoms with E-state index in [1.165, 1.54) is 36.0 Å². The number of thiazole rings is 1. The second kappa shape index (κ2) is 6.29. The normalized spacial score (nSPS) is 21.4. The van der Waals surface area contributed by atoms with E-state index in [-0.39, 0.29) is 16.5 Å². The van der Waals surface area contributed by atoms with Crippen LogP contribution in [0, 0.1) is 0 Å². The van der Waals surface area contributed by atoms with Crippen molar-refractivity contribution < 1.29 is 4.42 Å². The van der Waals surface area contributed by atoms with Crippen molar-refractivity contribution in [3.05, 3.63) is 63.5 Å². The molecule has 0 aliphatic heterocycles. The zero-order valence-electron chi connectivity index (χ0n) is 18.5. The number of fused-ring (bicyclic) bond motifs is 3. The zero-order chi connectivity index (χ0) is 21.5. The molecule has 0 saturated heterocycles. The van der Waals surface area contributed by atoms with Crippen molar-refractivity contribution in [1.29, 1.82) is 0 Å². The van der Waals surface area contributed by atoms with E-state index in [1.807, 2.05) is 30.3 Å². The molecule has 2 aliphatic carbocycles. The molecule has 4 heteroatoms. The predicted octanol–water partition coefficient (Wildman–Crippen LogP) is 7.30. The Morgan fingerprint density at radius 3 is 2.55 bits per heavy atom. The Bertz CT molecular complexity index is 1390. The van der Waals surface area contributed by atoms with Crippen LogP contribution in [-0.2, 0) is 10.8 Å². The second-order valence-corrected chi connectivity index (χ2v) is 11.6. The lowest BCUT2D eigenvalue weighted by Gasteiger charge is -2.45. The summed E-state index contributed by atoms with van der Waals surface area (Å²) in [5.74, 6) is 0.588. The molecule has 0 amide bonds. The minimum atomic E-state index is -0.282. The van der Waals surface area contributed by atoms with Crippen molar-refractivity contribution in [3.8, 4) is 10.6 Å². The zero-order valence-corrected chi connectivity index (χ0v) is 19.4. The summed E-state index contributed by atoms with van der Waals surface area (Å²) in [7, 11) is 0. The number of para-hydroxylation sites is 1. The summed E-state index contributed by atoms with van der Waals surface area (Å²) in [5, 5.41) is 1.77. The number of rotatable bonds is 1. The molecule has 6 rings (SSSR count). The van der Waals surface area contributed by atoms with Gasteiger partial charge in [-0.05, 0) is 77.8 Å². The summed E-state index contributed by atoms with van der Waals surface area (Å²) in [6, 6.07) is 12.4. The summed E-state index contributed by atoms with van der Waals surface area (Å²) in [4.78, 5) is 17.9. The van der Waals surface area contributed by atoms with Crippen molar-refractivity contribution >= 4 is 32.5 Å². The van der Waals surface area contributed by atoms with E-state index in [9.17, 15) is 4.79 Å². The highest BCUT2D eigenvalue weighted by Crippen LogP contribution is 2.54. The first kappa shape index (κ1) is 19.2. The molecule has 1 unspecified atom stereocenters. The van der Waals surface area contributed by atoms with Crippen molar-refractivity contribution in [3.63, 3.8) is 0 Å². The minimum Gasteiger partial charge on any atom is -0.422 e. The third-order valence-electron chi connectivity index (χ3n) is 7.64. The van der Waals surface area contributed by atoms with Crippen LogP contribution in [-0.4, -0.2) is 4.98 Å². The van der Waals surface area contributed by atoms with E-state index in [2.05, 4.69) is 33.8 Å². The third kappa shape index (κ3) is 2.77. The van der Waals surface area contributed by atoms with Gasteiger partial charge < -0.3 is 4.42 Å². The van der Waals surface area contributed by atoms with Crippen molar-refractivity contribution in [2.75, 3.05) is 0 Å². The quantitative estimate of drug-likeness (QED) is 0.298. The van der Waals surface area contributed by atoms with Gasteiger partial charge in [0.15, 0.2) is 0 Å². The van der Waals surface area contributed by atoms with Crippen LogP contribution < -0.4 is 5.63 Å². The van der Waals surface area contributed by atoms with Crippen molar-refractivity contribution in [2.24, 2.45) is 0 Å². The fourth-order valence-corrected chi connectivity index (χ4v) is 6.80. The molecular formula is C27H27NO2S. The Morgan fingerprint density at radius 2 is 1.77 bits per heavy atom. The lowest BCUT2D eigenvalue weighted by atomic mass is 9.59. The molecule has 2 heterocycles. The molecule has 0 spiro atoms. The molecule has 1 atom stereocenters. The van der Waals surface area contributed by atoms with E-state index < -0.39 is 0 Å². The lowest BCUT2D eigenvalue weighted by Crippen LogP contribution is -2.35. The lowest BCUT2D eigenvalue weighted by molar-refractivity contribution is 0.320. The van der Waals surface area contributed by atoms with Gasteiger partial charge in [-0.1, -0.05) is 39.8 Å². The molecular weight excluding hydrogens is 402 g/mol. The number of hydrogen-bond acceptors (Lipinski definition) is 4. The van der Waals surface area contributed by atoms with Gasteiger partial charge in [0.25, 0.3) is 0 Å². The van der Waals surface area contributed by atoms with E-state index in [1.54, 1.807) is 11.3 Å². The summed E-state index contributed by atoms with van der Waals surface area (Å²) in [5.41, 5.74) is 6.33. The van der Waals surface area contributed by atoms with Gasteiger partial charge in [0.05, 0.1) is 15.8 Å². The molecule has 0 bridgehead atoms. The highest BCUT2D eigenvalue weighted by Gasteiger charge is 2.42. The SMILES string of the molecule is CC1(C)CCC2CCC(C)(C)c3c2c1cc1cc(-c2nc4ccccc4s2)c(=O)oc31. The van der Waals surface area contributed by atoms with Crippen molar-refractivity contribution in [2.45, 2.75) is 70.1 Å². The predicted molar refractivity (Wildman–Crippen MR) is 128 cm³/mol. The molecule has 0 radical (unpaired) electrons. The maximum absolute atomic E-state index is 13.2. The van der Waals surface area contributed by atoms with Crippen LogP contribution >= 0.6 is 11.3 Å². The van der Waals surface area contributed by atoms with E-state index >= 15 is 0 Å². The Kier molecular flexibility index (Phi) is 3.90. The molecule has 2 aliphatic rings. The topological polar surface area (TPSA) is 43.1 Å². The van der Waals surface area contributed by atoms with Crippen molar-refractivity contribution in [1.82, 2.24) is 4.98 Å². The summed E-state index contributed by atoms with van der Waals surface area (Å²) >= 11 is 1.55. The molecule has 0 N–H and O–H groups in total. The first-order valence-electron chi connectivity index (χ1n) is 11.3. The van der Waals surface area contributed by atoms with E-state index in [0.29, 0.717) is 11.5 Å². The molecule has 0 saturated carbocycles. The van der Waals surface area contributed by atoms with Gasteiger partial charge in [-0.15, -0.1) is 11.3 Å². The highest BCUT2D eigenvalue weighted by molar-refractivity contribution is 7.21. The van der Waals surface area contributed by atoms with Crippen LogP contribution in [0.2, 0.25) is 0 Å². The Labute approximate surface area is 186 Å². The van der Waals surface area contributed by atoms with Gasteiger partial charge in [0, 0.05) is 10.9 Å². The summed E-state index contributed by atoms with van der Waals surface area (Å²) in [6.07, 6.45) is 4.79. The first-order valence-corrected chi connectivity index (χ1v) is 12.1. The smallest absolute Gasteiger partial charge is 0.346 e. The summed E-state index contributed by atoms with van der Waals surface area (Å²) < 4.78 is 7.21. The minimum absolute atomic E-state index is 0.000826. The van der Waals surface area contributed by atoms with E-state index in [0.717, 1.165) is 32.6 Å². The maximum atomic E-state index is 13.2. The standard InChI is InChI=1S/C27H27NO2S/c1-26(2)11-9-15-10-12-27(3,4)22-21(15)18(26)14-16-13-17(25(29)30-23(16)22)24-28-19-7-5-6-8-20(19)31-24/h5-8,13-15H,9-12H2,1-4H3. The molecule has 158 valence electrons. The average molecular weight is 430 g/mol. The van der Waals surface area contributed by atoms with Gasteiger partial charge in [-0.25, -0.2) is 9.78 Å². The summed E-state index contributed by atoms with van der Waals surface area (Å²) in [6.45, 7) is 9.34. The Balaban J connectivity index is 1.68. The van der Waals surface area contributed by atoms with Crippen LogP contribution in [0.3, 0.4) is 0 Å². The Hall–Kier alpha value is -2.46. The average Bonchev–Trinajstić information content (AvgIpc) is 3.15. The van der Waals surface area contributed by atoms with Gasteiger partial charge in [0.2, 0.25) is 0 Å². The van der Waals surface area contributed by atoms with Crippen LogP contribution in [0.25, 0.3) is 31.8 Å². The van der Waals surface area contributed by atoms with Crippen LogP contribution in [0.4, 0.5) is 0 Å². The van der Waals surface area contributed by atoms with Crippen LogP contribution in [0.5, 0.6) is 0 Å². The number of hydrogen-bond donors (Lipinski definition) is 0. The highest BCUT2D eigenvalue weighted by atomic mass is 32.1. The largest absolute Gasteiger partial charge is 0.422 e. The molecule has 2 aromatic heterocycles. The van der Waals surface area contributed by atoms with E-state index in [4.69, 9.17) is 9.40 Å². The first-order chi connectivity index (χ1) is 14.7. The van der Waals surface area contributed by atoms with Crippen LogP contribution in [0.1, 0.15) is 76.0 Å². The molecule has 3 nitrogen and oxygen atoms in total. The number of nitrogens with zero attached hydrogens (tertiary/aromatic N) is 1.